The third-order valence-electron chi connectivity index (χ3n) is 5.38. The van der Waals surface area contributed by atoms with Crippen LogP contribution in [0.15, 0.2) is 24.3 Å². The first-order chi connectivity index (χ1) is 12.6. The molecule has 1 aromatic heterocycles. The standard InChI is InChI=1S/C19H25N5O2/c20-18-16(19(21)25)17(23-24(18)11-15-10-22-7-8-26-15)14-6-5-12-3-1-2-4-13(12)9-14/h1-4,14-15,22H,5-11,20H2,(H2,21,25). The molecule has 5 N–H and O–H groups in total. The van der Waals surface area contributed by atoms with Crippen LogP contribution in [-0.2, 0) is 24.1 Å². The molecule has 0 radical (unpaired) electrons. The SMILES string of the molecule is NC(=O)c1c(C2CCc3ccccc3C2)nn(CC2CNCCO2)c1N. The summed E-state index contributed by atoms with van der Waals surface area (Å²) in [5, 5.41) is 8.00. The average molecular weight is 355 g/mol. The van der Waals surface area contributed by atoms with Gasteiger partial charge in [-0.05, 0) is 30.4 Å². The van der Waals surface area contributed by atoms with E-state index in [1.165, 1.54) is 11.1 Å². The number of fused-ring (bicyclic) bond motifs is 1. The maximum Gasteiger partial charge on any atom is 0.254 e. The van der Waals surface area contributed by atoms with Crippen LogP contribution in [0.25, 0.3) is 0 Å². The highest BCUT2D eigenvalue weighted by Crippen LogP contribution is 2.35. The van der Waals surface area contributed by atoms with E-state index >= 15 is 0 Å². The molecule has 26 heavy (non-hydrogen) atoms. The predicted octanol–water partition coefficient (Wildman–Crippen LogP) is 0.825. The van der Waals surface area contributed by atoms with E-state index in [0.717, 1.165) is 38.0 Å². The molecular weight excluding hydrogens is 330 g/mol. The molecule has 138 valence electrons. The average Bonchev–Trinajstić information content (AvgIpc) is 2.99. The number of anilines is 1. The van der Waals surface area contributed by atoms with E-state index in [1.54, 1.807) is 4.68 Å². The van der Waals surface area contributed by atoms with Crippen molar-refractivity contribution in [2.45, 2.75) is 37.8 Å². The van der Waals surface area contributed by atoms with Crippen molar-refractivity contribution in [2.75, 3.05) is 25.4 Å². The minimum Gasteiger partial charge on any atom is -0.383 e. The van der Waals surface area contributed by atoms with E-state index in [4.69, 9.17) is 21.3 Å². The van der Waals surface area contributed by atoms with Crippen LogP contribution < -0.4 is 16.8 Å². The van der Waals surface area contributed by atoms with Gasteiger partial charge in [0.05, 0.1) is 24.9 Å². The molecule has 7 heteroatoms. The maximum atomic E-state index is 12.1. The van der Waals surface area contributed by atoms with Crippen LogP contribution in [0.5, 0.6) is 0 Å². The lowest BCUT2D eigenvalue weighted by molar-refractivity contribution is 0.0164. The Bertz CT molecular complexity index is 810. The highest BCUT2D eigenvalue weighted by Gasteiger charge is 2.30. The second kappa shape index (κ2) is 7.09. The van der Waals surface area contributed by atoms with Crippen LogP contribution in [0, 0.1) is 0 Å². The second-order valence-corrected chi connectivity index (χ2v) is 7.10. The summed E-state index contributed by atoms with van der Waals surface area (Å²) in [6.07, 6.45) is 2.76. The first-order valence-corrected chi connectivity index (χ1v) is 9.18. The molecular formula is C19H25N5O2. The largest absolute Gasteiger partial charge is 0.383 e. The van der Waals surface area contributed by atoms with Crippen LogP contribution in [0.1, 0.15) is 39.5 Å². The fourth-order valence-electron chi connectivity index (χ4n) is 4.03. The van der Waals surface area contributed by atoms with Crippen molar-refractivity contribution in [1.82, 2.24) is 15.1 Å². The molecule has 1 saturated heterocycles. The van der Waals surface area contributed by atoms with Crippen molar-refractivity contribution in [1.29, 1.82) is 0 Å². The Labute approximate surface area is 152 Å². The number of primary amides is 1. The quantitative estimate of drug-likeness (QED) is 0.753. The predicted molar refractivity (Wildman–Crippen MR) is 99.0 cm³/mol. The topological polar surface area (TPSA) is 108 Å². The Balaban J connectivity index is 1.63. The number of amides is 1. The van der Waals surface area contributed by atoms with E-state index < -0.39 is 5.91 Å². The number of nitrogens with one attached hydrogen (secondary N) is 1. The minimum atomic E-state index is -0.509. The van der Waals surface area contributed by atoms with Gasteiger partial charge in [0.2, 0.25) is 0 Å². The van der Waals surface area contributed by atoms with Crippen molar-refractivity contribution in [3.8, 4) is 0 Å². The van der Waals surface area contributed by atoms with Crippen LogP contribution in [0.4, 0.5) is 5.82 Å². The number of aryl methyl sites for hydroxylation is 1. The molecule has 1 aliphatic heterocycles. The van der Waals surface area contributed by atoms with Crippen LogP contribution >= 0.6 is 0 Å². The summed E-state index contributed by atoms with van der Waals surface area (Å²) < 4.78 is 7.43. The van der Waals surface area contributed by atoms with Crippen molar-refractivity contribution < 1.29 is 9.53 Å². The third kappa shape index (κ3) is 3.20. The first-order valence-electron chi connectivity index (χ1n) is 9.18. The number of benzene rings is 1. The fourth-order valence-corrected chi connectivity index (χ4v) is 4.03. The Morgan fingerprint density at radius 3 is 2.88 bits per heavy atom. The molecule has 1 fully saturated rings. The number of nitrogens with two attached hydrogens (primary N) is 2. The number of carbonyl (C=O) groups excluding carboxylic acids is 1. The van der Waals surface area contributed by atoms with Crippen molar-refractivity contribution in [3.05, 3.63) is 46.6 Å². The van der Waals surface area contributed by atoms with Crippen molar-refractivity contribution in [3.63, 3.8) is 0 Å². The molecule has 4 rings (SSSR count). The highest BCUT2D eigenvalue weighted by molar-refractivity contribution is 5.98. The van der Waals surface area contributed by atoms with Gasteiger partial charge < -0.3 is 21.5 Å². The van der Waals surface area contributed by atoms with Crippen LogP contribution in [-0.4, -0.2) is 41.5 Å². The lowest BCUT2D eigenvalue weighted by Gasteiger charge is -2.24. The molecule has 2 unspecified atom stereocenters. The number of aromatic nitrogens is 2. The summed E-state index contributed by atoms with van der Waals surface area (Å²) in [4.78, 5) is 12.1. The van der Waals surface area contributed by atoms with E-state index in [9.17, 15) is 4.79 Å². The van der Waals surface area contributed by atoms with Crippen molar-refractivity contribution >= 4 is 11.7 Å². The van der Waals surface area contributed by atoms with Gasteiger partial charge in [0.1, 0.15) is 11.4 Å². The summed E-state index contributed by atoms with van der Waals surface area (Å²) in [6, 6.07) is 8.43. The summed E-state index contributed by atoms with van der Waals surface area (Å²) >= 11 is 0. The van der Waals surface area contributed by atoms with Gasteiger partial charge in [-0.1, -0.05) is 24.3 Å². The molecule has 1 amide bonds. The maximum absolute atomic E-state index is 12.1. The molecule has 2 aromatic rings. The van der Waals surface area contributed by atoms with E-state index in [-0.39, 0.29) is 12.0 Å². The summed E-state index contributed by atoms with van der Waals surface area (Å²) in [7, 11) is 0. The lowest BCUT2D eigenvalue weighted by Crippen LogP contribution is -2.41. The summed E-state index contributed by atoms with van der Waals surface area (Å²) in [5.74, 6) is -0.00724. The number of hydrogen-bond acceptors (Lipinski definition) is 5. The van der Waals surface area contributed by atoms with Gasteiger partial charge in [-0.2, -0.15) is 5.10 Å². The Morgan fingerprint density at radius 1 is 1.35 bits per heavy atom. The molecule has 0 spiro atoms. The van der Waals surface area contributed by atoms with Gasteiger partial charge in [-0.15, -0.1) is 0 Å². The number of nitrogens with zero attached hydrogens (tertiary/aromatic N) is 2. The van der Waals surface area contributed by atoms with E-state index in [2.05, 4.69) is 29.6 Å². The molecule has 0 bridgehead atoms. The zero-order valence-corrected chi connectivity index (χ0v) is 14.8. The van der Waals surface area contributed by atoms with Crippen LogP contribution in [0.2, 0.25) is 0 Å². The monoisotopic (exact) mass is 355 g/mol. The fraction of sp³-hybridized carbons (Fsp3) is 0.474. The minimum absolute atomic E-state index is 0.00777. The lowest BCUT2D eigenvalue weighted by atomic mass is 9.81. The van der Waals surface area contributed by atoms with Gasteiger partial charge >= 0.3 is 0 Å². The molecule has 2 atom stereocenters. The Kier molecular flexibility index (Phi) is 4.65. The Morgan fingerprint density at radius 2 is 2.15 bits per heavy atom. The normalized spacial score (nSPS) is 22.8. The van der Waals surface area contributed by atoms with Gasteiger partial charge in [0, 0.05) is 19.0 Å². The Hall–Kier alpha value is -2.38. The van der Waals surface area contributed by atoms with Crippen molar-refractivity contribution in [2.24, 2.45) is 5.73 Å². The molecule has 1 aliphatic carbocycles. The van der Waals surface area contributed by atoms with Gasteiger partial charge in [-0.3, -0.25) is 4.79 Å². The summed E-state index contributed by atoms with van der Waals surface area (Å²) in [6.45, 7) is 2.78. The van der Waals surface area contributed by atoms with E-state index in [1.807, 2.05) is 0 Å². The zero-order valence-electron chi connectivity index (χ0n) is 14.8. The van der Waals surface area contributed by atoms with Gasteiger partial charge in [-0.25, -0.2) is 4.68 Å². The van der Waals surface area contributed by atoms with Gasteiger partial charge in [0.25, 0.3) is 5.91 Å². The number of nitrogen functional groups attached to an aromatic ring is 1. The van der Waals surface area contributed by atoms with Crippen LogP contribution in [0.3, 0.4) is 0 Å². The smallest absolute Gasteiger partial charge is 0.254 e. The first kappa shape index (κ1) is 17.1. The number of carbonyl (C=O) groups is 1. The molecule has 7 nitrogen and oxygen atoms in total. The molecule has 1 aromatic carbocycles. The number of hydrogen-bond donors (Lipinski definition) is 3. The second-order valence-electron chi connectivity index (χ2n) is 7.10. The van der Waals surface area contributed by atoms with Gasteiger partial charge in [0.15, 0.2) is 0 Å². The number of ether oxygens (including phenoxy) is 1. The number of morpholine rings is 1. The third-order valence-corrected chi connectivity index (χ3v) is 5.38. The molecule has 2 heterocycles. The zero-order chi connectivity index (χ0) is 18.1. The molecule has 0 saturated carbocycles. The molecule has 2 aliphatic rings. The van der Waals surface area contributed by atoms with E-state index in [0.29, 0.717) is 24.5 Å². The summed E-state index contributed by atoms with van der Waals surface area (Å²) in [5.41, 5.74) is 15.7. The number of rotatable bonds is 4. The highest BCUT2D eigenvalue weighted by atomic mass is 16.5.